The number of ether oxygens (including phenoxy) is 1. The first-order valence-electron chi connectivity index (χ1n) is 6.52. The minimum atomic E-state index is 0.250. The third-order valence-corrected chi connectivity index (χ3v) is 3.94. The molecule has 3 heterocycles. The second kappa shape index (κ2) is 4.24. The maximum atomic E-state index is 12.3. The van der Waals surface area contributed by atoms with Crippen molar-refractivity contribution in [2.24, 2.45) is 0 Å². The highest BCUT2D eigenvalue weighted by atomic mass is 16.5. The molecule has 4 heteroatoms. The van der Waals surface area contributed by atoms with Crippen LogP contribution >= 0.6 is 0 Å². The van der Waals surface area contributed by atoms with Crippen molar-refractivity contribution in [2.45, 2.75) is 44.3 Å². The number of hydrogen-bond donors (Lipinski definition) is 0. The maximum Gasteiger partial charge on any atom is 0.320 e. The van der Waals surface area contributed by atoms with Gasteiger partial charge in [-0.05, 0) is 32.1 Å². The molecule has 3 saturated heterocycles. The van der Waals surface area contributed by atoms with Gasteiger partial charge in [-0.15, -0.1) is 0 Å². The lowest BCUT2D eigenvalue weighted by atomic mass is 10.1. The number of amides is 2. The highest BCUT2D eigenvalue weighted by molar-refractivity contribution is 5.74. The standard InChI is InChI=1S/C12H20N2O2/c15-12(13-6-2-1-3-7-13)14-8-10-4-5-11(9-14)16-10/h10-11H,1-9H2. The second-order valence-corrected chi connectivity index (χ2v) is 5.19. The van der Waals surface area contributed by atoms with Gasteiger partial charge in [0.15, 0.2) is 0 Å². The van der Waals surface area contributed by atoms with Crippen LogP contribution in [0.4, 0.5) is 4.79 Å². The van der Waals surface area contributed by atoms with Gasteiger partial charge in [0, 0.05) is 26.2 Å². The molecule has 2 bridgehead atoms. The molecule has 0 saturated carbocycles. The van der Waals surface area contributed by atoms with Gasteiger partial charge in [-0.2, -0.15) is 0 Å². The van der Waals surface area contributed by atoms with Gasteiger partial charge >= 0.3 is 6.03 Å². The maximum absolute atomic E-state index is 12.3. The third kappa shape index (κ3) is 1.90. The van der Waals surface area contributed by atoms with E-state index in [1.165, 1.54) is 19.3 Å². The SMILES string of the molecule is O=C(N1CCCCC1)N1CC2CCC(C1)O2. The Morgan fingerprint density at radius 3 is 2.19 bits per heavy atom. The van der Waals surface area contributed by atoms with Crippen molar-refractivity contribution in [3.8, 4) is 0 Å². The van der Waals surface area contributed by atoms with E-state index in [1.54, 1.807) is 0 Å². The molecule has 0 spiro atoms. The van der Waals surface area contributed by atoms with Crippen LogP contribution in [0.3, 0.4) is 0 Å². The average Bonchev–Trinajstić information content (AvgIpc) is 2.68. The monoisotopic (exact) mass is 224 g/mol. The zero-order chi connectivity index (χ0) is 11.0. The molecule has 0 aromatic heterocycles. The average molecular weight is 224 g/mol. The smallest absolute Gasteiger partial charge is 0.320 e. The second-order valence-electron chi connectivity index (χ2n) is 5.19. The van der Waals surface area contributed by atoms with Crippen molar-refractivity contribution in [3.05, 3.63) is 0 Å². The fraction of sp³-hybridized carbons (Fsp3) is 0.917. The van der Waals surface area contributed by atoms with Gasteiger partial charge in [0.05, 0.1) is 12.2 Å². The first-order valence-corrected chi connectivity index (χ1v) is 6.52. The van der Waals surface area contributed by atoms with Crippen LogP contribution in [0.5, 0.6) is 0 Å². The van der Waals surface area contributed by atoms with Crippen LogP contribution in [-0.4, -0.2) is 54.2 Å². The molecule has 3 aliphatic rings. The summed E-state index contributed by atoms with van der Waals surface area (Å²) in [4.78, 5) is 16.3. The molecule has 90 valence electrons. The van der Waals surface area contributed by atoms with Crippen LogP contribution < -0.4 is 0 Å². The number of hydrogen-bond acceptors (Lipinski definition) is 2. The van der Waals surface area contributed by atoms with Gasteiger partial charge in [0.25, 0.3) is 0 Å². The van der Waals surface area contributed by atoms with Crippen LogP contribution in [0.15, 0.2) is 0 Å². The van der Waals surface area contributed by atoms with Crippen LogP contribution in [0, 0.1) is 0 Å². The highest BCUT2D eigenvalue weighted by Gasteiger charge is 2.37. The number of rotatable bonds is 0. The summed E-state index contributed by atoms with van der Waals surface area (Å²) >= 11 is 0. The molecular weight excluding hydrogens is 204 g/mol. The van der Waals surface area contributed by atoms with Crippen molar-refractivity contribution in [3.63, 3.8) is 0 Å². The van der Waals surface area contributed by atoms with Crippen molar-refractivity contribution in [1.82, 2.24) is 9.80 Å². The molecule has 0 aromatic rings. The molecule has 0 aliphatic carbocycles. The van der Waals surface area contributed by atoms with Crippen LogP contribution in [0.1, 0.15) is 32.1 Å². The topological polar surface area (TPSA) is 32.8 Å². The number of piperidine rings is 1. The molecule has 0 radical (unpaired) electrons. The van der Waals surface area contributed by atoms with E-state index in [1.807, 2.05) is 9.80 Å². The Hall–Kier alpha value is -0.770. The van der Waals surface area contributed by atoms with E-state index >= 15 is 0 Å². The number of fused-ring (bicyclic) bond motifs is 2. The summed E-state index contributed by atoms with van der Waals surface area (Å²) in [6, 6.07) is 0.250. The van der Waals surface area contributed by atoms with Crippen molar-refractivity contribution in [2.75, 3.05) is 26.2 Å². The normalized spacial score (nSPS) is 34.2. The number of morpholine rings is 1. The number of carbonyl (C=O) groups is 1. The first-order chi connectivity index (χ1) is 7.83. The highest BCUT2D eigenvalue weighted by Crippen LogP contribution is 2.27. The molecule has 2 atom stereocenters. The van der Waals surface area contributed by atoms with Crippen molar-refractivity contribution >= 4 is 6.03 Å². The molecule has 2 unspecified atom stereocenters. The summed E-state index contributed by atoms with van der Waals surface area (Å²) in [5.74, 6) is 0. The predicted molar refractivity (Wildman–Crippen MR) is 60.3 cm³/mol. The Labute approximate surface area is 96.5 Å². The Morgan fingerprint density at radius 1 is 0.938 bits per heavy atom. The third-order valence-electron chi connectivity index (χ3n) is 3.94. The van der Waals surface area contributed by atoms with E-state index in [4.69, 9.17) is 4.74 Å². The van der Waals surface area contributed by atoms with Gasteiger partial charge in [-0.1, -0.05) is 0 Å². The summed E-state index contributed by atoms with van der Waals surface area (Å²) in [5.41, 5.74) is 0. The van der Waals surface area contributed by atoms with E-state index in [2.05, 4.69) is 0 Å². The van der Waals surface area contributed by atoms with Crippen molar-refractivity contribution < 1.29 is 9.53 Å². The van der Waals surface area contributed by atoms with Gasteiger partial charge < -0.3 is 14.5 Å². The Kier molecular flexibility index (Phi) is 2.75. The van der Waals surface area contributed by atoms with Crippen molar-refractivity contribution in [1.29, 1.82) is 0 Å². The first kappa shape index (κ1) is 10.4. The van der Waals surface area contributed by atoms with Gasteiger partial charge in [-0.3, -0.25) is 0 Å². The quantitative estimate of drug-likeness (QED) is 0.624. The lowest BCUT2D eigenvalue weighted by Gasteiger charge is -2.37. The zero-order valence-corrected chi connectivity index (χ0v) is 9.73. The Bertz CT molecular complexity index is 264. The fourth-order valence-electron chi connectivity index (χ4n) is 3.06. The van der Waals surface area contributed by atoms with Gasteiger partial charge in [0.2, 0.25) is 0 Å². The summed E-state index contributed by atoms with van der Waals surface area (Å²) in [6.45, 7) is 3.52. The molecule has 0 aromatic carbocycles. The minimum Gasteiger partial charge on any atom is -0.371 e. The lowest BCUT2D eigenvalue weighted by Crippen LogP contribution is -2.52. The summed E-state index contributed by atoms with van der Waals surface area (Å²) < 4.78 is 5.75. The summed E-state index contributed by atoms with van der Waals surface area (Å²) in [6.07, 6.45) is 6.51. The fourth-order valence-corrected chi connectivity index (χ4v) is 3.06. The minimum absolute atomic E-state index is 0.250. The molecular formula is C12H20N2O2. The van der Waals surface area contributed by atoms with Crippen LogP contribution in [0.25, 0.3) is 0 Å². The summed E-state index contributed by atoms with van der Waals surface area (Å²) in [5, 5.41) is 0. The lowest BCUT2D eigenvalue weighted by molar-refractivity contribution is -0.0291. The Morgan fingerprint density at radius 2 is 1.56 bits per heavy atom. The number of likely N-dealkylation sites (tertiary alicyclic amines) is 2. The van der Waals surface area contributed by atoms with E-state index in [0.717, 1.165) is 39.0 Å². The number of urea groups is 1. The van der Waals surface area contributed by atoms with Gasteiger partial charge in [-0.25, -0.2) is 4.79 Å². The van der Waals surface area contributed by atoms with Gasteiger partial charge in [0.1, 0.15) is 0 Å². The molecule has 3 rings (SSSR count). The summed E-state index contributed by atoms with van der Waals surface area (Å²) in [7, 11) is 0. The molecule has 0 N–H and O–H groups in total. The molecule has 4 nitrogen and oxygen atoms in total. The predicted octanol–water partition coefficient (Wildman–Crippen LogP) is 1.46. The Balaban J connectivity index is 1.61. The number of nitrogens with zero attached hydrogens (tertiary/aromatic N) is 2. The van der Waals surface area contributed by atoms with Crippen LogP contribution in [-0.2, 0) is 4.74 Å². The van der Waals surface area contributed by atoms with E-state index in [9.17, 15) is 4.79 Å². The van der Waals surface area contributed by atoms with E-state index in [0.29, 0.717) is 12.2 Å². The largest absolute Gasteiger partial charge is 0.371 e. The molecule has 2 amide bonds. The van der Waals surface area contributed by atoms with E-state index < -0.39 is 0 Å². The molecule has 16 heavy (non-hydrogen) atoms. The zero-order valence-electron chi connectivity index (χ0n) is 9.73. The van der Waals surface area contributed by atoms with Crippen LogP contribution in [0.2, 0.25) is 0 Å². The molecule has 3 aliphatic heterocycles. The van der Waals surface area contributed by atoms with E-state index in [-0.39, 0.29) is 6.03 Å². The number of carbonyl (C=O) groups excluding carboxylic acids is 1. The molecule has 3 fully saturated rings.